The summed E-state index contributed by atoms with van der Waals surface area (Å²) in [4.78, 5) is 4.33. The van der Waals surface area contributed by atoms with Crippen molar-refractivity contribution in [3.8, 4) is 5.75 Å². The van der Waals surface area contributed by atoms with E-state index in [4.69, 9.17) is 9.47 Å². The summed E-state index contributed by atoms with van der Waals surface area (Å²) in [5, 5.41) is 0. The molecule has 0 amide bonds. The zero-order chi connectivity index (χ0) is 18.3. The van der Waals surface area contributed by atoms with Crippen molar-refractivity contribution in [2.24, 2.45) is 4.99 Å². The lowest BCUT2D eigenvalue weighted by atomic mass is 10.1. The molecule has 0 saturated heterocycles. The predicted octanol–water partition coefficient (Wildman–Crippen LogP) is 6.54. The highest BCUT2D eigenvalue weighted by atomic mass is 16.5. The van der Waals surface area contributed by atoms with Crippen LogP contribution in [0.1, 0.15) is 89.5 Å². The van der Waals surface area contributed by atoms with Gasteiger partial charge in [-0.3, -0.25) is 0 Å². The smallest absolute Gasteiger partial charge is 0.216 e. The van der Waals surface area contributed by atoms with Gasteiger partial charge in [-0.15, -0.1) is 0 Å². The maximum Gasteiger partial charge on any atom is 0.216 e. The van der Waals surface area contributed by atoms with Crippen LogP contribution in [0.15, 0.2) is 29.3 Å². The van der Waals surface area contributed by atoms with E-state index in [1.54, 1.807) is 0 Å². The lowest BCUT2D eigenvalue weighted by Gasteiger charge is -2.07. The number of unbranched alkanes of at least 4 members (excludes halogenated alkanes) is 11. The zero-order valence-corrected chi connectivity index (χ0v) is 16.7. The predicted molar refractivity (Wildman–Crippen MR) is 110 cm³/mol. The van der Waals surface area contributed by atoms with Gasteiger partial charge in [-0.05, 0) is 30.7 Å². The summed E-state index contributed by atoms with van der Waals surface area (Å²) >= 11 is 0. The Morgan fingerprint density at radius 3 is 1.92 bits per heavy atom. The number of aliphatic imine (C=N–C) groups is 1. The molecule has 0 fully saturated rings. The maximum absolute atomic E-state index is 5.83. The molecule has 1 aliphatic rings. The summed E-state index contributed by atoms with van der Waals surface area (Å²) < 4.78 is 11.3. The van der Waals surface area contributed by atoms with Crippen LogP contribution in [0.3, 0.4) is 0 Å². The van der Waals surface area contributed by atoms with E-state index in [1.165, 1.54) is 70.6 Å². The fourth-order valence-corrected chi connectivity index (χ4v) is 3.34. The van der Waals surface area contributed by atoms with Crippen molar-refractivity contribution < 1.29 is 9.47 Å². The molecule has 1 aliphatic heterocycles. The van der Waals surface area contributed by atoms with Crippen LogP contribution in [0, 0.1) is 0 Å². The van der Waals surface area contributed by atoms with Gasteiger partial charge in [0.2, 0.25) is 5.90 Å². The standard InChI is InChI=1S/C23H37NO2/c1-2-3-4-5-6-7-8-9-10-11-12-13-19-25-22-16-14-21(15-17-22)23-24-18-20-26-23/h14-17H,2-13,18-20H2,1H3. The maximum atomic E-state index is 5.83. The number of ether oxygens (including phenoxy) is 2. The highest BCUT2D eigenvalue weighted by Crippen LogP contribution is 2.16. The molecule has 0 unspecified atom stereocenters. The van der Waals surface area contributed by atoms with Crippen LogP contribution in [0.2, 0.25) is 0 Å². The average molecular weight is 360 g/mol. The summed E-state index contributed by atoms with van der Waals surface area (Å²) in [6.45, 7) is 4.57. The van der Waals surface area contributed by atoms with E-state index in [-0.39, 0.29) is 0 Å². The van der Waals surface area contributed by atoms with Crippen molar-refractivity contribution >= 4 is 5.90 Å². The van der Waals surface area contributed by atoms with Crippen LogP contribution in [0.5, 0.6) is 5.75 Å². The van der Waals surface area contributed by atoms with Gasteiger partial charge in [-0.2, -0.15) is 0 Å². The van der Waals surface area contributed by atoms with Crippen molar-refractivity contribution in [3.63, 3.8) is 0 Å². The molecule has 0 atom stereocenters. The van der Waals surface area contributed by atoms with E-state index in [2.05, 4.69) is 11.9 Å². The van der Waals surface area contributed by atoms with Crippen LogP contribution < -0.4 is 4.74 Å². The molecule has 26 heavy (non-hydrogen) atoms. The molecular formula is C23H37NO2. The van der Waals surface area contributed by atoms with Crippen molar-refractivity contribution in [3.05, 3.63) is 29.8 Å². The lowest BCUT2D eigenvalue weighted by Crippen LogP contribution is -2.01. The van der Waals surface area contributed by atoms with E-state index in [1.807, 2.05) is 24.3 Å². The minimum absolute atomic E-state index is 0.701. The lowest BCUT2D eigenvalue weighted by molar-refractivity contribution is 0.304. The highest BCUT2D eigenvalue weighted by Gasteiger charge is 2.09. The van der Waals surface area contributed by atoms with Crippen molar-refractivity contribution in [2.45, 2.75) is 84.0 Å². The van der Waals surface area contributed by atoms with Gasteiger partial charge in [0.05, 0.1) is 13.2 Å². The minimum atomic E-state index is 0.701. The van der Waals surface area contributed by atoms with Crippen LogP contribution >= 0.6 is 0 Å². The molecule has 3 nitrogen and oxygen atoms in total. The van der Waals surface area contributed by atoms with E-state index in [0.29, 0.717) is 6.61 Å². The van der Waals surface area contributed by atoms with Gasteiger partial charge >= 0.3 is 0 Å². The van der Waals surface area contributed by atoms with Gasteiger partial charge in [0.25, 0.3) is 0 Å². The Balaban J connectivity index is 1.40. The van der Waals surface area contributed by atoms with Gasteiger partial charge in [-0.25, -0.2) is 4.99 Å². The molecular weight excluding hydrogens is 322 g/mol. The molecule has 0 N–H and O–H groups in total. The van der Waals surface area contributed by atoms with Gasteiger partial charge in [0, 0.05) is 5.56 Å². The highest BCUT2D eigenvalue weighted by molar-refractivity contribution is 5.94. The summed E-state index contributed by atoms with van der Waals surface area (Å²) in [6, 6.07) is 8.09. The molecule has 0 radical (unpaired) electrons. The molecule has 3 heteroatoms. The van der Waals surface area contributed by atoms with Gasteiger partial charge < -0.3 is 9.47 Å². The van der Waals surface area contributed by atoms with Crippen LogP contribution in [-0.2, 0) is 4.74 Å². The Hall–Kier alpha value is -1.51. The van der Waals surface area contributed by atoms with Gasteiger partial charge in [0.1, 0.15) is 12.4 Å². The second kappa shape index (κ2) is 13.7. The number of rotatable bonds is 15. The first-order valence-electron chi connectivity index (χ1n) is 10.8. The number of hydrogen-bond donors (Lipinski definition) is 0. The molecule has 1 aromatic rings. The summed E-state index contributed by atoms with van der Waals surface area (Å²) in [6.07, 6.45) is 16.5. The molecule has 2 rings (SSSR count). The third-order valence-corrected chi connectivity index (χ3v) is 4.95. The molecule has 0 saturated carbocycles. The van der Waals surface area contributed by atoms with Crippen molar-refractivity contribution in [1.82, 2.24) is 0 Å². The average Bonchev–Trinajstić information content (AvgIpc) is 3.21. The Labute approximate surface area is 160 Å². The van der Waals surface area contributed by atoms with Gasteiger partial charge in [0.15, 0.2) is 0 Å². The normalized spacial score (nSPS) is 13.5. The molecule has 1 aromatic carbocycles. The Morgan fingerprint density at radius 1 is 0.808 bits per heavy atom. The van der Waals surface area contributed by atoms with E-state index in [0.717, 1.165) is 36.8 Å². The van der Waals surface area contributed by atoms with Crippen LogP contribution in [0.4, 0.5) is 0 Å². The van der Waals surface area contributed by atoms with E-state index < -0.39 is 0 Å². The molecule has 0 aliphatic carbocycles. The Morgan fingerprint density at radius 2 is 1.38 bits per heavy atom. The second-order valence-electron chi connectivity index (χ2n) is 7.30. The van der Waals surface area contributed by atoms with Crippen molar-refractivity contribution in [2.75, 3.05) is 19.8 Å². The van der Waals surface area contributed by atoms with Crippen LogP contribution in [-0.4, -0.2) is 25.7 Å². The van der Waals surface area contributed by atoms with Crippen molar-refractivity contribution in [1.29, 1.82) is 0 Å². The largest absolute Gasteiger partial charge is 0.494 e. The summed E-state index contributed by atoms with van der Waals surface area (Å²) in [5.41, 5.74) is 1.04. The molecule has 146 valence electrons. The Kier molecular flexibility index (Phi) is 10.9. The summed E-state index contributed by atoms with van der Waals surface area (Å²) in [5.74, 6) is 1.70. The van der Waals surface area contributed by atoms with Gasteiger partial charge in [-0.1, -0.05) is 77.6 Å². The minimum Gasteiger partial charge on any atom is -0.494 e. The Bertz CT molecular complexity index is 495. The topological polar surface area (TPSA) is 30.8 Å². The second-order valence-corrected chi connectivity index (χ2v) is 7.30. The monoisotopic (exact) mass is 359 g/mol. The zero-order valence-electron chi connectivity index (χ0n) is 16.7. The third-order valence-electron chi connectivity index (χ3n) is 4.95. The first-order chi connectivity index (χ1) is 12.9. The number of benzene rings is 1. The molecule has 0 bridgehead atoms. The number of nitrogens with zero attached hydrogens (tertiary/aromatic N) is 1. The summed E-state index contributed by atoms with van der Waals surface area (Å²) in [7, 11) is 0. The third kappa shape index (κ3) is 8.73. The number of hydrogen-bond acceptors (Lipinski definition) is 3. The van der Waals surface area contributed by atoms with E-state index >= 15 is 0 Å². The first-order valence-corrected chi connectivity index (χ1v) is 10.8. The fourth-order valence-electron chi connectivity index (χ4n) is 3.34. The van der Waals surface area contributed by atoms with Crippen LogP contribution in [0.25, 0.3) is 0 Å². The molecule has 0 aromatic heterocycles. The first kappa shape index (κ1) is 20.8. The quantitative estimate of drug-likeness (QED) is 0.333. The van der Waals surface area contributed by atoms with E-state index in [9.17, 15) is 0 Å². The molecule has 0 spiro atoms. The fraction of sp³-hybridized carbons (Fsp3) is 0.696. The SMILES string of the molecule is CCCCCCCCCCCCCCOc1ccc(C2=NCCO2)cc1. The molecule has 1 heterocycles.